The molecule has 0 radical (unpaired) electrons. The molecule has 0 bridgehead atoms. The molecular formula is C22H18N2O6. The van der Waals surface area contributed by atoms with Crippen molar-refractivity contribution < 1.29 is 24.1 Å². The van der Waals surface area contributed by atoms with Crippen molar-refractivity contribution in [2.24, 2.45) is 0 Å². The quantitative estimate of drug-likeness (QED) is 0.482. The van der Waals surface area contributed by atoms with E-state index in [9.17, 15) is 14.7 Å². The molecule has 1 N–H and O–H groups in total. The molecule has 152 valence electrons. The van der Waals surface area contributed by atoms with E-state index in [0.29, 0.717) is 35.7 Å². The summed E-state index contributed by atoms with van der Waals surface area (Å²) in [4.78, 5) is 30.3. The predicted octanol–water partition coefficient (Wildman–Crippen LogP) is 1.95. The Balaban J connectivity index is 1.60. The summed E-state index contributed by atoms with van der Waals surface area (Å²) in [5.74, 6) is 0.0560. The van der Waals surface area contributed by atoms with Gasteiger partial charge in [0.15, 0.2) is 12.4 Å². The lowest BCUT2D eigenvalue weighted by atomic mass is 9.86. The van der Waals surface area contributed by atoms with Gasteiger partial charge in [-0.2, -0.15) is 0 Å². The highest BCUT2D eigenvalue weighted by molar-refractivity contribution is 5.89. The second kappa shape index (κ2) is 5.90. The van der Waals surface area contributed by atoms with Crippen LogP contribution in [0.3, 0.4) is 0 Å². The fourth-order valence-electron chi connectivity index (χ4n) is 4.62. The molecular weight excluding hydrogens is 388 g/mol. The standard InChI is InChI=1S/C22H18N2O6/c1-2-22(27)15-6-17-19-11(7-24(17)20(25)14(15)9-29-21(22)26)5-12-13-8-28-10-30-18(13)4-3-16(12)23-19/h3-6,27H,2,7-10H2,1H3/t22-/m0/s1. The summed E-state index contributed by atoms with van der Waals surface area (Å²) >= 11 is 0. The van der Waals surface area contributed by atoms with Crippen LogP contribution in [0.1, 0.15) is 35.6 Å². The van der Waals surface area contributed by atoms with Crippen molar-refractivity contribution in [3.8, 4) is 17.1 Å². The number of esters is 1. The van der Waals surface area contributed by atoms with Crippen LogP contribution in [0.15, 0.2) is 29.1 Å². The van der Waals surface area contributed by atoms with E-state index in [2.05, 4.69) is 0 Å². The van der Waals surface area contributed by atoms with E-state index in [1.54, 1.807) is 17.6 Å². The van der Waals surface area contributed by atoms with Crippen molar-refractivity contribution in [1.29, 1.82) is 0 Å². The Bertz CT molecular complexity index is 1330. The van der Waals surface area contributed by atoms with Gasteiger partial charge in [0.2, 0.25) is 0 Å². The number of carbonyl (C=O) groups excluding carboxylic acids is 1. The van der Waals surface area contributed by atoms with Crippen molar-refractivity contribution in [2.45, 2.75) is 38.7 Å². The van der Waals surface area contributed by atoms with Gasteiger partial charge in [-0.15, -0.1) is 0 Å². The van der Waals surface area contributed by atoms with Crippen LogP contribution in [0.4, 0.5) is 0 Å². The van der Waals surface area contributed by atoms with Gasteiger partial charge in [0.25, 0.3) is 5.56 Å². The number of pyridine rings is 2. The van der Waals surface area contributed by atoms with Crippen LogP contribution in [-0.2, 0) is 39.6 Å². The third kappa shape index (κ3) is 2.15. The Kier molecular flexibility index (Phi) is 3.46. The molecule has 30 heavy (non-hydrogen) atoms. The van der Waals surface area contributed by atoms with Crippen LogP contribution in [0.2, 0.25) is 0 Å². The molecule has 3 aliphatic heterocycles. The van der Waals surface area contributed by atoms with Crippen molar-refractivity contribution >= 4 is 16.9 Å². The molecule has 0 saturated heterocycles. The highest BCUT2D eigenvalue weighted by Crippen LogP contribution is 2.40. The van der Waals surface area contributed by atoms with Crippen LogP contribution < -0.4 is 10.3 Å². The molecule has 6 rings (SSSR count). The Morgan fingerprint density at radius 2 is 2.03 bits per heavy atom. The Labute approximate surface area is 170 Å². The van der Waals surface area contributed by atoms with Crippen LogP contribution in [-0.4, -0.2) is 27.4 Å². The number of cyclic esters (lactones) is 1. The second-order valence-corrected chi connectivity index (χ2v) is 7.82. The molecule has 1 atom stereocenters. The predicted molar refractivity (Wildman–Crippen MR) is 105 cm³/mol. The van der Waals surface area contributed by atoms with E-state index in [1.165, 1.54) is 0 Å². The van der Waals surface area contributed by atoms with E-state index in [1.807, 2.05) is 18.2 Å². The first-order valence-corrected chi connectivity index (χ1v) is 9.84. The number of carbonyl (C=O) groups is 1. The zero-order valence-corrected chi connectivity index (χ0v) is 16.2. The molecule has 0 unspecified atom stereocenters. The maximum Gasteiger partial charge on any atom is 0.343 e. The molecule has 2 aromatic heterocycles. The van der Waals surface area contributed by atoms with Crippen LogP contribution in [0.25, 0.3) is 22.3 Å². The zero-order chi connectivity index (χ0) is 20.6. The van der Waals surface area contributed by atoms with Gasteiger partial charge in [-0.05, 0) is 30.7 Å². The number of hydrogen-bond donors (Lipinski definition) is 1. The van der Waals surface area contributed by atoms with E-state index in [4.69, 9.17) is 19.2 Å². The maximum atomic E-state index is 13.2. The molecule has 8 nitrogen and oxygen atoms in total. The SMILES string of the molecule is CC[C@@]1(O)C(=O)OCc2c1cc1n(c2=O)Cc2cc3c4c(ccc3nc2-1)OCOC4. The van der Waals surface area contributed by atoms with Crippen molar-refractivity contribution in [1.82, 2.24) is 9.55 Å². The van der Waals surface area contributed by atoms with Crippen molar-refractivity contribution in [3.63, 3.8) is 0 Å². The fourth-order valence-corrected chi connectivity index (χ4v) is 4.62. The number of ether oxygens (including phenoxy) is 3. The first-order valence-electron chi connectivity index (χ1n) is 9.84. The van der Waals surface area contributed by atoms with Gasteiger partial charge in [-0.3, -0.25) is 4.79 Å². The number of nitrogens with zero attached hydrogens (tertiary/aromatic N) is 2. The lowest BCUT2D eigenvalue weighted by Gasteiger charge is -2.31. The minimum absolute atomic E-state index is 0.117. The van der Waals surface area contributed by atoms with E-state index in [-0.39, 0.29) is 25.4 Å². The lowest BCUT2D eigenvalue weighted by Crippen LogP contribution is -2.44. The molecule has 5 heterocycles. The maximum absolute atomic E-state index is 13.2. The molecule has 3 aromatic rings. The van der Waals surface area contributed by atoms with Crippen molar-refractivity contribution in [3.05, 3.63) is 56.9 Å². The third-order valence-corrected chi connectivity index (χ3v) is 6.30. The molecule has 0 spiro atoms. The van der Waals surface area contributed by atoms with Crippen LogP contribution in [0, 0.1) is 0 Å². The highest BCUT2D eigenvalue weighted by atomic mass is 16.7. The first kappa shape index (κ1) is 17.6. The summed E-state index contributed by atoms with van der Waals surface area (Å²) in [6, 6.07) is 7.50. The number of fused-ring (bicyclic) bond motifs is 7. The first-order chi connectivity index (χ1) is 14.5. The zero-order valence-electron chi connectivity index (χ0n) is 16.2. The summed E-state index contributed by atoms with van der Waals surface area (Å²) in [6.45, 7) is 2.59. The Morgan fingerprint density at radius 3 is 2.87 bits per heavy atom. The average molecular weight is 406 g/mol. The minimum atomic E-state index is -1.82. The normalized spacial score (nSPS) is 21.3. The molecule has 1 aromatic carbocycles. The summed E-state index contributed by atoms with van der Waals surface area (Å²) in [6.07, 6.45) is 0.117. The van der Waals surface area contributed by atoms with E-state index >= 15 is 0 Å². The molecule has 3 aliphatic rings. The van der Waals surface area contributed by atoms with Gasteiger partial charge in [0.05, 0.1) is 35.6 Å². The third-order valence-electron chi connectivity index (χ3n) is 6.30. The number of aliphatic hydroxyl groups is 1. The van der Waals surface area contributed by atoms with Crippen LogP contribution in [0.5, 0.6) is 5.75 Å². The Morgan fingerprint density at radius 1 is 1.17 bits per heavy atom. The number of rotatable bonds is 1. The number of aromatic nitrogens is 2. The van der Waals surface area contributed by atoms with Gasteiger partial charge in [0, 0.05) is 22.1 Å². The average Bonchev–Trinajstić information content (AvgIpc) is 3.13. The molecule has 0 aliphatic carbocycles. The largest absolute Gasteiger partial charge is 0.467 e. The lowest BCUT2D eigenvalue weighted by molar-refractivity contribution is -0.172. The van der Waals surface area contributed by atoms with Gasteiger partial charge in [-0.25, -0.2) is 9.78 Å². The number of hydrogen-bond acceptors (Lipinski definition) is 7. The Hall–Kier alpha value is -3.23. The summed E-state index contributed by atoms with van der Waals surface area (Å²) in [5.41, 5.74) is 2.43. The minimum Gasteiger partial charge on any atom is -0.467 e. The molecule has 0 fully saturated rings. The monoisotopic (exact) mass is 406 g/mol. The van der Waals surface area contributed by atoms with Gasteiger partial charge in [-0.1, -0.05) is 6.92 Å². The smallest absolute Gasteiger partial charge is 0.343 e. The summed E-state index contributed by atoms with van der Waals surface area (Å²) in [7, 11) is 0. The van der Waals surface area contributed by atoms with E-state index < -0.39 is 11.6 Å². The van der Waals surface area contributed by atoms with Gasteiger partial charge < -0.3 is 23.9 Å². The molecule has 8 heteroatoms. The fraction of sp³-hybridized carbons (Fsp3) is 0.318. The van der Waals surface area contributed by atoms with Gasteiger partial charge in [0.1, 0.15) is 12.4 Å². The van der Waals surface area contributed by atoms with E-state index in [0.717, 1.165) is 27.8 Å². The van der Waals surface area contributed by atoms with Gasteiger partial charge >= 0.3 is 5.97 Å². The number of benzene rings is 1. The second-order valence-electron chi connectivity index (χ2n) is 7.82. The summed E-state index contributed by atoms with van der Waals surface area (Å²) < 4.78 is 17.7. The topological polar surface area (TPSA) is 99.9 Å². The highest BCUT2D eigenvalue weighted by Gasteiger charge is 2.45. The summed E-state index contributed by atoms with van der Waals surface area (Å²) in [5, 5.41) is 11.9. The van der Waals surface area contributed by atoms with Crippen molar-refractivity contribution in [2.75, 3.05) is 6.79 Å². The molecule has 0 saturated carbocycles. The molecule has 0 amide bonds. The van der Waals surface area contributed by atoms with Crippen LogP contribution >= 0.6 is 0 Å².